The van der Waals surface area contributed by atoms with Crippen molar-refractivity contribution in [3.8, 4) is 5.75 Å². The van der Waals surface area contributed by atoms with Crippen molar-refractivity contribution in [3.05, 3.63) is 16.6 Å². The van der Waals surface area contributed by atoms with Crippen molar-refractivity contribution in [1.82, 2.24) is 4.31 Å². The predicted octanol–water partition coefficient (Wildman–Crippen LogP) is 2.99. The monoisotopic (exact) mass is 376 g/mol. The Morgan fingerprint density at radius 3 is 2.48 bits per heavy atom. The minimum absolute atomic E-state index is 0.0540. The van der Waals surface area contributed by atoms with E-state index < -0.39 is 10.0 Å². The first-order valence-electron chi connectivity index (χ1n) is 6.99. The number of sulfonamides is 1. The van der Waals surface area contributed by atoms with Gasteiger partial charge in [-0.2, -0.15) is 4.31 Å². The second kappa shape index (κ2) is 6.54. The fourth-order valence-corrected chi connectivity index (χ4v) is 4.62. The molecule has 1 aromatic carbocycles. The van der Waals surface area contributed by atoms with E-state index in [1.54, 1.807) is 13.1 Å². The Hall–Kier alpha value is -0.790. The number of anilines is 1. The van der Waals surface area contributed by atoms with E-state index in [4.69, 9.17) is 10.5 Å². The molecule has 1 fully saturated rings. The van der Waals surface area contributed by atoms with Gasteiger partial charge in [0.25, 0.3) is 0 Å². The maximum absolute atomic E-state index is 12.8. The molecule has 118 valence electrons. The van der Waals surface area contributed by atoms with Crippen LogP contribution < -0.4 is 10.5 Å². The van der Waals surface area contributed by atoms with Crippen molar-refractivity contribution in [1.29, 1.82) is 0 Å². The Bertz CT molecular complexity index is 613. The summed E-state index contributed by atoms with van der Waals surface area (Å²) in [5, 5.41) is 0. The number of nitrogens with zero attached hydrogens (tertiary/aromatic N) is 1. The Morgan fingerprint density at radius 2 is 1.90 bits per heavy atom. The van der Waals surface area contributed by atoms with Crippen molar-refractivity contribution < 1.29 is 13.2 Å². The molecule has 1 aliphatic carbocycles. The molecule has 0 saturated heterocycles. The van der Waals surface area contributed by atoms with Crippen molar-refractivity contribution in [3.63, 3.8) is 0 Å². The van der Waals surface area contributed by atoms with Gasteiger partial charge in [-0.1, -0.05) is 19.3 Å². The van der Waals surface area contributed by atoms with Gasteiger partial charge in [-0.05, 0) is 40.9 Å². The number of hydrogen-bond acceptors (Lipinski definition) is 4. The number of methoxy groups -OCH3 is 1. The lowest BCUT2D eigenvalue weighted by Gasteiger charge is -2.30. The maximum atomic E-state index is 12.8. The summed E-state index contributed by atoms with van der Waals surface area (Å²) in [6.45, 7) is 0. The van der Waals surface area contributed by atoms with E-state index in [0.717, 1.165) is 25.7 Å². The van der Waals surface area contributed by atoms with Crippen LogP contribution in [0.2, 0.25) is 0 Å². The summed E-state index contributed by atoms with van der Waals surface area (Å²) in [7, 11) is -0.515. The van der Waals surface area contributed by atoms with Gasteiger partial charge in [-0.3, -0.25) is 0 Å². The fourth-order valence-electron chi connectivity index (χ4n) is 2.71. The first-order chi connectivity index (χ1) is 9.87. The standard InChI is InChI=1S/C14H21BrN2O3S/c1-17(10-6-4-3-5-7-10)21(18,19)14-9-12(16)11(15)8-13(14)20-2/h8-10H,3-7,16H2,1-2H3. The molecule has 21 heavy (non-hydrogen) atoms. The van der Waals surface area contributed by atoms with E-state index in [-0.39, 0.29) is 10.9 Å². The highest BCUT2D eigenvalue weighted by atomic mass is 79.9. The summed E-state index contributed by atoms with van der Waals surface area (Å²) in [5.41, 5.74) is 6.22. The minimum atomic E-state index is -3.61. The van der Waals surface area contributed by atoms with Gasteiger partial charge in [0.15, 0.2) is 0 Å². The molecule has 0 amide bonds. The SMILES string of the molecule is COc1cc(Br)c(N)cc1S(=O)(=O)N(C)C1CCCCC1. The summed E-state index contributed by atoms with van der Waals surface area (Å²) < 4.78 is 33.0. The zero-order chi connectivity index (χ0) is 15.6. The normalized spacial score (nSPS) is 17.1. The number of hydrogen-bond donors (Lipinski definition) is 1. The van der Waals surface area contributed by atoms with Gasteiger partial charge in [0, 0.05) is 23.2 Å². The van der Waals surface area contributed by atoms with Crippen LogP contribution in [0, 0.1) is 0 Å². The summed E-state index contributed by atoms with van der Waals surface area (Å²) in [6, 6.07) is 3.10. The van der Waals surface area contributed by atoms with E-state index in [2.05, 4.69) is 15.9 Å². The van der Waals surface area contributed by atoms with Crippen LogP contribution in [-0.2, 0) is 10.0 Å². The van der Waals surface area contributed by atoms with Crippen LogP contribution in [0.4, 0.5) is 5.69 Å². The van der Waals surface area contributed by atoms with Gasteiger partial charge < -0.3 is 10.5 Å². The molecular formula is C14H21BrN2O3S. The van der Waals surface area contributed by atoms with E-state index >= 15 is 0 Å². The average molecular weight is 377 g/mol. The topological polar surface area (TPSA) is 72.6 Å². The third-order valence-corrected chi connectivity index (χ3v) is 6.65. The summed E-state index contributed by atoms with van der Waals surface area (Å²) >= 11 is 3.29. The minimum Gasteiger partial charge on any atom is -0.495 e. The number of ether oxygens (including phenoxy) is 1. The lowest BCUT2D eigenvalue weighted by molar-refractivity contribution is 0.284. The molecule has 0 atom stereocenters. The zero-order valence-electron chi connectivity index (χ0n) is 12.3. The number of benzene rings is 1. The molecule has 0 aromatic heterocycles. The molecule has 1 aliphatic rings. The number of rotatable bonds is 4. The maximum Gasteiger partial charge on any atom is 0.246 e. The molecule has 5 nitrogen and oxygen atoms in total. The number of halogens is 1. The highest BCUT2D eigenvalue weighted by molar-refractivity contribution is 9.10. The number of nitrogen functional groups attached to an aromatic ring is 1. The van der Waals surface area contributed by atoms with E-state index in [9.17, 15) is 8.42 Å². The molecule has 2 N–H and O–H groups in total. The van der Waals surface area contributed by atoms with Gasteiger partial charge >= 0.3 is 0 Å². The van der Waals surface area contributed by atoms with Crippen molar-refractivity contribution in [2.24, 2.45) is 0 Å². The van der Waals surface area contributed by atoms with Crippen LogP contribution in [0.3, 0.4) is 0 Å². The van der Waals surface area contributed by atoms with Crippen molar-refractivity contribution in [2.75, 3.05) is 19.9 Å². The smallest absolute Gasteiger partial charge is 0.246 e. The molecule has 0 spiro atoms. The van der Waals surface area contributed by atoms with Crippen LogP contribution in [0.5, 0.6) is 5.75 Å². The van der Waals surface area contributed by atoms with Crippen LogP contribution in [-0.4, -0.2) is 32.9 Å². The molecule has 1 saturated carbocycles. The van der Waals surface area contributed by atoms with Gasteiger partial charge in [-0.15, -0.1) is 0 Å². The summed E-state index contributed by atoms with van der Waals surface area (Å²) in [5.74, 6) is 0.304. The second-order valence-electron chi connectivity index (χ2n) is 5.34. The van der Waals surface area contributed by atoms with Crippen molar-refractivity contribution >= 4 is 31.6 Å². The second-order valence-corrected chi connectivity index (χ2v) is 8.16. The first kappa shape index (κ1) is 16.6. The largest absolute Gasteiger partial charge is 0.495 e. The van der Waals surface area contributed by atoms with E-state index in [1.165, 1.54) is 23.9 Å². The predicted molar refractivity (Wildman–Crippen MR) is 86.9 cm³/mol. The molecule has 0 unspecified atom stereocenters. The molecule has 0 aliphatic heterocycles. The molecule has 7 heteroatoms. The average Bonchev–Trinajstić information content (AvgIpc) is 2.49. The number of nitrogens with two attached hydrogens (primary N) is 1. The van der Waals surface area contributed by atoms with Gasteiger partial charge in [0.2, 0.25) is 10.0 Å². The third-order valence-electron chi connectivity index (χ3n) is 4.03. The third kappa shape index (κ3) is 3.35. The van der Waals surface area contributed by atoms with Crippen molar-refractivity contribution in [2.45, 2.75) is 43.0 Å². The molecule has 0 bridgehead atoms. The van der Waals surface area contributed by atoms with E-state index in [1.807, 2.05) is 0 Å². The van der Waals surface area contributed by atoms with Gasteiger partial charge in [0.05, 0.1) is 7.11 Å². The Kier molecular flexibility index (Phi) is 5.16. The molecule has 1 aromatic rings. The lowest BCUT2D eigenvalue weighted by atomic mass is 9.96. The van der Waals surface area contributed by atoms with Crippen LogP contribution >= 0.6 is 15.9 Å². The molecular weight excluding hydrogens is 356 g/mol. The van der Waals surface area contributed by atoms with Gasteiger partial charge in [-0.25, -0.2) is 8.42 Å². The Labute approximate surface area is 134 Å². The highest BCUT2D eigenvalue weighted by Gasteiger charge is 2.31. The lowest BCUT2D eigenvalue weighted by Crippen LogP contribution is -2.38. The first-order valence-corrected chi connectivity index (χ1v) is 9.22. The highest BCUT2D eigenvalue weighted by Crippen LogP contribution is 2.35. The Balaban J connectivity index is 2.40. The van der Waals surface area contributed by atoms with Gasteiger partial charge in [0.1, 0.15) is 10.6 Å². The summed E-state index contributed by atoms with van der Waals surface area (Å²) in [6.07, 6.45) is 5.14. The Morgan fingerprint density at radius 1 is 1.29 bits per heavy atom. The van der Waals surface area contributed by atoms with E-state index in [0.29, 0.717) is 15.9 Å². The summed E-state index contributed by atoms with van der Waals surface area (Å²) in [4.78, 5) is 0.124. The van der Waals surface area contributed by atoms with Crippen LogP contribution in [0.15, 0.2) is 21.5 Å². The quantitative estimate of drug-likeness (QED) is 0.819. The molecule has 0 radical (unpaired) electrons. The van der Waals surface area contributed by atoms with Crippen LogP contribution in [0.25, 0.3) is 0 Å². The molecule has 2 rings (SSSR count). The zero-order valence-corrected chi connectivity index (χ0v) is 14.7. The molecule has 0 heterocycles. The fraction of sp³-hybridized carbons (Fsp3) is 0.571. The van der Waals surface area contributed by atoms with Crippen LogP contribution in [0.1, 0.15) is 32.1 Å².